The molecular weight excluding hydrogens is 378 g/mol. The van der Waals surface area contributed by atoms with Gasteiger partial charge in [0.1, 0.15) is 0 Å². The molecule has 0 fully saturated rings. The number of aliphatic imine (C=N–C) groups is 1. The summed E-state index contributed by atoms with van der Waals surface area (Å²) < 4.78 is 0. The lowest BCUT2D eigenvalue weighted by molar-refractivity contribution is 1.08. The van der Waals surface area contributed by atoms with Crippen molar-refractivity contribution in [3.63, 3.8) is 0 Å². The first-order valence-corrected chi connectivity index (χ1v) is 11.0. The van der Waals surface area contributed by atoms with Gasteiger partial charge in [-0.25, -0.2) is 0 Å². The van der Waals surface area contributed by atoms with Crippen LogP contribution in [-0.4, -0.2) is 11.2 Å². The predicted octanol–water partition coefficient (Wildman–Crippen LogP) is 7.47. The lowest BCUT2D eigenvalue weighted by Gasteiger charge is -2.12. The van der Waals surface area contributed by atoms with Crippen LogP contribution in [0.2, 0.25) is 0 Å². The molecule has 0 bridgehead atoms. The van der Waals surface area contributed by atoms with Gasteiger partial charge >= 0.3 is 0 Å². The van der Waals surface area contributed by atoms with Crippen molar-refractivity contribution in [1.29, 1.82) is 0 Å². The standard InChI is InChI=1S/C28H29N3/c1-5-21-11-9-12-22(6-2)28(21)29-18-23-10-7-8-13-26(23)31-24-14-15-25-19(3)16-20(4)30-27(25)17-24/h7-18,31H,5-6H2,1-4H3. The van der Waals surface area contributed by atoms with E-state index >= 15 is 0 Å². The number of aromatic nitrogens is 1. The monoisotopic (exact) mass is 407 g/mol. The molecule has 0 amide bonds. The molecule has 3 aromatic carbocycles. The molecule has 0 spiro atoms. The number of nitrogens with one attached hydrogen (secondary N) is 1. The molecule has 0 atom stereocenters. The van der Waals surface area contributed by atoms with Crippen molar-refractivity contribution in [2.24, 2.45) is 4.99 Å². The number of para-hydroxylation sites is 2. The summed E-state index contributed by atoms with van der Waals surface area (Å²) in [7, 11) is 0. The molecule has 0 unspecified atom stereocenters. The second-order valence-electron chi connectivity index (χ2n) is 7.91. The smallest absolute Gasteiger partial charge is 0.0728 e. The fraction of sp³-hybridized carbons (Fsp3) is 0.214. The zero-order valence-electron chi connectivity index (χ0n) is 18.7. The number of benzene rings is 3. The molecular formula is C28H29N3. The Labute approximate surface area is 184 Å². The molecule has 0 aliphatic rings. The molecule has 1 heterocycles. The number of anilines is 2. The number of hydrogen-bond donors (Lipinski definition) is 1. The van der Waals surface area contributed by atoms with E-state index in [-0.39, 0.29) is 0 Å². The highest BCUT2D eigenvalue weighted by Crippen LogP contribution is 2.28. The summed E-state index contributed by atoms with van der Waals surface area (Å²) in [5.41, 5.74) is 10.1. The third-order valence-electron chi connectivity index (χ3n) is 5.68. The Bertz CT molecular complexity index is 1230. The van der Waals surface area contributed by atoms with Crippen LogP contribution in [0.15, 0.2) is 71.7 Å². The van der Waals surface area contributed by atoms with Gasteiger partial charge in [-0.1, -0.05) is 56.3 Å². The third-order valence-corrected chi connectivity index (χ3v) is 5.68. The van der Waals surface area contributed by atoms with Gasteiger partial charge in [0.25, 0.3) is 0 Å². The Kier molecular flexibility index (Phi) is 6.13. The molecule has 0 aliphatic heterocycles. The van der Waals surface area contributed by atoms with E-state index in [1.165, 1.54) is 22.1 Å². The number of fused-ring (bicyclic) bond motifs is 1. The molecule has 0 aliphatic carbocycles. The van der Waals surface area contributed by atoms with Gasteiger partial charge in [0, 0.05) is 34.2 Å². The van der Waals surface area contributed by atoms with Gasteiger partial charge in [0.15, 0.2) is 0 Å². The van der Waals surface area contributed by atoms with Gasteiger partial charge in [0.2, 0.25) is 0 Å². The highest BCUT2D eigenvalue weighted by atomic mass is 14.9. The van der Waals surface area contributed by atoms with Crippen LogP contribution in [0.5, 0.6) is 0 Å². The molecule has 0 radical (unpaired) electrons. The minimum atomic E-state index is 0.976. The van der Waals surface area contributed by atoms with Gasteiger partial charge < -0.3 is 5.32 Å². The molecule has 1 N–H and O–H groups in total. The molecule has 0 saturated carbocycles. The molecule has 1 aromatic heterocycles. The molecule has 4 rings (SSSR count). The predicted molar refractivity (Wildman–Crippen MR) is 133 cm³/mol. The summed E-state index contributed by atoms with van der Waals surface area (Å²) >= 11 is 0. The van der Waals surface area contributed by atoms with Crippen LogP contribution in [0.4, 0.5) is 17.1 Å². The lowest BCUT2D eigenvalue weighted by atomic mass is 10.0. The second-order valence-corrected chi connectivity index (χ2v) is 7.91. The van der Waals surface area contributed by atoms with E-state index in [0.29, 0.717) is 0 Å². The Hall–Kier alpha value is -3.46. The largest absolute Gasteiger partial charge is 0.355 e. The van der Waals surface area contributed by atoms with Crippen molar-refractivity contribution in [1.82, 2.24) is 4.98 Å². The SMILES string of the molecule is CCc1cccc(CC)c1N=Cc1ccccc1Nc1ccc2c(C)cc(C)nc2c1. The van der Waals surface area contributed by atoms with E-state index in [0.717, 1.165) is 46.7 Å². The Morgan fingerprint density at radius 1 is 0.871 bits per heavy atom. The van der Waals surface area contributed by atoms with E-state index in [1.807, 2.05) is 25.3 Å². The zero-order chi connectivity index (χ0) is 21.8. The summed E-state index contributed by atoms with van der Waals surface area (Å²) in [5.74, 6) is 0. The first kappa shape index (κ1) is 20.8. The summed E-state index contributed by atoms with van der Waals surface area (Å²) in [5, 5.41) is 4.75. The second kappa shape index (κ2) is 9.13. The van der Waals surface area contributed by atoms with Crippen molar-refractivity contribution in [3.8, 4) is 0 Å². The van der Waals surface area contributed by atoms with E-state index in [2.05, 4.69) is 80.7 Å². The van der Waals surface area contributed by atoms with Crippen LogP contribution in [0.3, 0.4) is 0 Å². The Morgan fingerprint density at radius 2 is 1.61 bits per heavy atom. The fourth-order valence-corrected chi connectivity index (χ4v) is 4.04. The average Bonchev–Trinajstić information content (AvgIpc) is 2.77. The average molecular weight is 408 g/mol. The van der Waals surface area contributed by atoms with Crippen LogP contribution in [0, 0.1) is 13.8 Å². The molecule has 4 aromatic rings. The van der Waals surface area contributed by atoms with Crippen LogP contribution in [0.1, 0.15) is 41.8 Å². The summed E-state index contributed by atoms with van der Waals surface area (Å²) in [6.45, 7) is 8.53. The maximum Gasteiger partial charge on any atom is 0.0728 e. The summed E-state index contributed by atoms with van der Waals surface area (Å²) in [4.78, 5) is 9.63. The lowest BCUT2D eigenvalue weighted by Crippen LogP contribution is -1.97. The van der Waals surface area contributed by atoms with Crippen LogP contribution < -0.4 is 5.32 Å². The van der Waals surface area contributed by atoms with Crippen molar-refractivity contribution >= 4 is 34.2 Å². The van der Waals surface area contributed by atoms with Gasteiger partial charge in [-0.05, 0) is 67.6 Å². The number of pyridine rings is 1. The van der Waals surface area contributed by atoms with E-state index in [9.17, 15) is 0 Å². The van der Waals surface area contributed by atoms with Crippen molar-refractivity contribution in [3.05, 3.63) is 94.7 Å². The number of rotatable bonds is 6. The quantitative estimate of drug-likeness (QED) is 0.337. The minimum absolute atomic E-state index is 0.976. The normalized spacial score (nSPS) is 11.4. The van der Waals surface area contributed by atoms with Crippen molar-refractivity contribution in [2.75, 3.05) is 5.32 Å². The third kappa shape index (κ3) is 4.51. The Balaban J connectivity index is 1.68. The van der Waals surface area contributed by atoms with Gasteiger partial charge in [-0.15, -0.1) is 0 Å². The maximum atomic E-state index is 4.92. The summed E-state index contributed by atoms with van der Waals surface area (Å²) in [6.07, 6.45) is 3.93. The van der Waals surface area contributed by atoms with Crippen molar-refractivity contribution < 1.29 is 0 Å². The van der Waals surface area contributed by atoms with E-state index in [4.69, 9.17) is 9.98 Å². The molecule has 156 valence electrons. The topological polar surface area (TPSA) is 37.3 Å². The van der Waals surface area contributed by atoms with Crippen LogP contribution in [-0.2, 0) is 12.8 Å². The number of aryl methyl sites for hydroxylation is 4. The van der Waals surface area contributed by atoms with Crippen LogP contribution in [0.25, 0.3) is 10.9 Å². The first-order chi connectivity index (χ1) is 15.1. The number of nitrogens with zero attached hydrogens (tertiary/aromatic N) is 2. The van der Waals surface area contributed by atoms with Crippen LogP contribution >= 0.6 is 0 Å². The highest BCUT2D eigenvalue weighted by molar-refractivity contribution is 5.92. The first-order valence-electron chi connectivity index (χ1n) is 11.0. The van der Waals surface area contributed by atoms with Gasteiger partial charge in [-0.2, -0.15) is 0 Å². The van der Waals surface area contributed by atoms with E-state index < -0.39 is 0 Å². The maximum absolute atomic E-state index is 4.92. The fourth-order valence-electron chi connectivity index (χ4n) is 4.04. The molecule has 3 heteroatoms. The van der Waals surface area contributed by atoms with E-state index in [1.54, 1.807) is 0 Å². The summed E-state index contributed by atoms with van der Waals surface area (Å²) in [6, 6.07) is 23.2. The van der Waals surface area contributed by atoms with Gasteiger partial charge in [-0.3, -0.25) is 9.98 Å². The minimum Gasteiger partial charge on any atom is -0.355 e. The van der Waals surface area contributed by atoms with Crippen molar-refractivity contribution in [2.45, 2.75) is 40.5 Å². The van der Waals surface area contributed by atoms with Gasteiger partial charge in [0.05, 0.1) is 11.2 Å². The molecule has 3 nitrogen and oxygen atoms in total. The molecule has 0 saturated heterocycles. The molecule has 31 heavy (non-hydrogen) atoms. The zero-order valence-corrected chi connectivity index (χ0v) is 18.7. The Morgan fingerprint density at radius 3 is 2.35 bits per heavy atom. The number of hydrogen-bond acceptors (Lipinski definition) is 3. The highest BCUT2D eigenvalue weighted by Gasteiger charge is 2.07.